The van der Waals surface area contributed by atoms with Crippen molar-refractivity contribution in [2.75, 3.05) is 0 Å². The standard InChI is InChI=1S/C27H18ClN5/c1-17-20(14-18-10-12-19(28)13-11-18)27(32-16-30-22-6-2-4-8-24(22)32)33-25-9-5-3-7-23(25)31-26(33)21(17)15-29/h2-13,16H,14H2,1H3. The van der Waals surface area contributed by atoms with Crippen LogP contribution >= 0.6 is 11.6 Å². The number of rotatable bonds is 3. The number of para-hydroxylation sites is 4. The number of imidazole rings is 2. The molecule has 0 atom stereocenters. The summed E-state index contributed by atoms with van der Waals surface area (Å²) in [4.78, 5) is 9.49. The van der Waals surface area contributed by atoms with Gasteiger partial charge < -0.3 is 0 Å². The van der Waals surface area contributed by atoms with Gasteiger partial charge in [0, 0.05) is 17.0 Å². The van der Waals surface area contributed by atoms with Crippen LogP contribution in [0, 0.1) is 18.3 Å². The van der Waals surface area contributed by atoms with Crippen molar-refractivity contribution in [1.82, 2.24) is 18.9 Å². The Hall–Kier alpha value is -4.14. The molecule has 3 heterocycles. The molecule has 0 unspecified atom stereocenters. The maximum Gasteiger partial charge on any atom is 0.157 e. The topological polar surface area (TPSA) is 58.9 Å². The highest BCUT2D eigenvalue weighted by atomic mass is 35.5. The first-order valence-corrected chi connectivity index (χ1v) is 11.0. The highest BCUT2D eigenvalue weighted by Gasteiger charge is 2.23. The molecule has 0 saturated heterocycles. The average Bonchev–Trinajstić information content (AvgIpc) is 3.43. The van der Waals surface area contributed by atoms with Crippen LogP contribution in [0.25, 0.3) is 33.5 Å². The highest BCUT2D eigenvalue weighted by Crippen LogP contribution is 2.33. The molecule has 0 aliphatic heterocycles. The molecule has 0 amide bonds. The fourth-order valence-electron chi connectivity index (χ4n) is 4.56. The first kappa shape index (κ1) is 19.5. The lowest BCUT2D eigenvalue weighted by Gasteiger charge is -2.19. The number of nitriles is 1. The summed E-state index contributed by atoms with van der Waals surface area (Å²) in [5.41, 5.74) is 8.04. The van der Waals surface area contributed by atoms with Crippen molar-refractivity contribution in [2.24, 2.45) is 0 Å². The van der Waals surface area contributed by atoms with E-state index in [1.54, 1.807) is 0 Å². The first-order chi connectivity index (χ1) is 16.2. The Balaban J connectivity index is 1.78. The van der Waals surface area contributed by atoms with Gasteiger partial charge in [0.15, 0.2) is 5.65 Å². The maximum atomic E-state index is 10.1. The molecular formula is C27H18ClN5. The Labute approximate surface area is 195 Å². The lowest BCUT2D eigenvalue weighted by molar-refractivity contribution is 0.944. The zero-order chi connectivity index (χ0) is 22.5. The van der Waals surface area contributed by atoms with E-state index in [-0.39, 0.29) is 0 Å². The monoisotopic (exact) mass is 447 g/mol. The second-order valence-corrected chi connectivity index (χ2v) is 8.52. The van der Waals surface area contributed by atoms with Crippen molar-refractivity contribution in [1.29, 1.82) is 5.26 Å². The molecule has 33 heavy (non-hydrogen) atoms. The highest BCUT2D eigenvalue weighted by molar-refractivity contribution is 6.30. The molecule has 3 aromatic heterocycles. The second kappa shape index (κ2) is 7.47. The van der Waals surface area contributed by atoms with Crippen molar-refractivity contribution in [3.05, 3.63) is 106 Å². The number of fused-ring (bicyclic) bond motifs is 4. The van der Waals surface area contributed by atoms with E-state index in [1.165, 1.54) is 0 Å². The fraction of sp³-hybridized carbons (Fsp3) is 0.0741. The van der Waals surface area contributed by atoms with E-state index in [2.05, 4.69) is 26.1 Å². The van der Waals surface area contributed by atoms with E-state index in [1.807, 2.05) is 80.0 Å². The maximum absolute atomic E-state index is 10.1. The van der Waals surface area contributed by atoms with Crippen LogP contribution in [0.15, 0.2) is 79.1 Å². The summed E-state index contributed by atoms with van der Waals surface area (Å²) in [5, 5.41) is 10.8. The summed E-state index contributed by atoms with van der Waals surface area (Å²) in [5.74, 6) is 0.943. The van der Waals surface area contributed by atoms with Crippen molar-refractivity contribution < 1.29 is 0 Å². The molecule has 6 rings (SSSR count). The van der Waals surface area contributed by atoms with Gasteiger partial charge >= 0.3 is 0 Å². The summed E-state index contributed by atoms with van der Waals surface area (Å²) in [6, 6.07) is 26.3. The van der Waals surface area contributed by atoms with E-state index >= 15 is 0 Å². The number of hydrogen-bond donors (Lipinski definition) is 0. The minimum absolute atomic E-state index is 0.586. The third-order valence-electron chi connectivity index (χ3n) is 6.18. The number of hydrogen-bond acceptors (Lipinski definition) is 3. The average molecular weight is 448 g/mol. The van der Waals surface area contributed by atoms with Crippen LogP contribution in [-0.2, 0) is 6.42 Å². The quantitative estimate of drug-likeness (QED) is 0.322. The Kier molecular flexibility index (Phi) is 4.42. The van der Waals surface area contributed by atoms with Crippen molar-refractivity contribution in [2.45, 2.75) is 13.3 Å². The second-order valence-electron chi connectivity index (χ2n) is 8.08. The van der Waals surface area contributed by atoms with Gasteiger partial charge in [-0.05, 0) is 54.4 Å². The van der Waals surface area contributed by atoms with Gasteiger partial charge in [-0.25, -0.2) is 9.97 Å². The number of halogens is 1. The minimum atomic E-state index is 0.586. The van der Waals surface area contributed by atoms with Gasteiger partial charge in [0.2, 0.25) is 0 Å². The molecule has 0 radical (unpaired) electrons. The number of benzene rings is 3. The van der Waals surface area contributed by atoms with Gasteiger partial charge in [0.1, 0.15) is 18.2 Å². The third-order valence-corrected chi connectivity index (χ3v) is 6.43. The normalized spacial score (nSPS) is 11.4. The lowest BCUT2D eigenvalue weighted by Crippen LogP contribution is -2.11. The molecular weight excluding hydrogens is 430 g/mol. The third kappa shape index (κ3) is 3.00. The largest absolute Gasteiger partial charge is 0.284 e. The molecule has 0 bridgehead atoms. The van der Waals surface area contributed by atoms with Crippen molar-refractivity contribution in [3.8, 4) is 11.9 Å². The fourth-order valence-corrected chi connectivity index (χ4v) is 4.69. The minimum Gasteiger partial charge on any atom is -0.284 e. The summed E-state index contributed by atoms with van der Waals surface area (Å²) in [6.07, 6.45) is 2.49. The van der Waals surface area contributed by atoms with Crippen LogP contribution in [0.5, 0.6) is 0 Å². The molecule has 3 aromatic carbocycles. The molecule has 5 nitrogen and oxygen atoms in total. The van der Waals surface area contributed by atoms with Crippen LogP contribution in [0.3, 0.4) is 0 Å². The van der Waals surface area contributed by atoms with Gasteiger partial charge in [-0.2, -0.15) is 5.26 Å². The lowest BCUT2D eigenvalue weighted by atomic mass is 9.97. The molecule has 0 fully saturated rings. The zero-order valence-corrected chi connectivity index (χ0v) is 18.6. The number of pyridine rings is 1. The van der Waals surface area contributed by atoms with Crippen LogP contribution < -0.4 is 0 Å². The van der Waals surface area contributed by atoms with Crippen LogP contribution in [0.2, 0.25) is 5.02 Å². The Morgan fingerprint density at radius 3 is 2.36 bits per heavy atom. The first-order valence-electron chi connectivity index (χ1n) is 10.7. The van der Waals surface area contributed by atoms with Crippen LogP contribution in [0.4, 0.5) is 0 Å². The van der Waals surface area contributed by atoms with Gasteiger partial charge in [-0.15, -0.1) is 0 Å². The van der Waals surface area contributed by atoms with E-state index in [0.29, 0.717) is 22.7 Å². The Morgan fingerprint density at radius 1 is 0.909 bits per heavy atom. The molecule has 0 aliphatic carbocycles. The van der Waals surface area contributed by atoms with Crippen LogP contribution in [0.1, 0.15) is 22.3 Å². The van der Waals surface area contributed by atoms with Gasteiger partial charge in [0.05, 0.1) is 27.6 Å². The molecule has 6 heteroatoms. The molecule has 0 spiro atoms. The van der Waals surface area contributed by atoms with Crippen molar-refractivity contribution in [3.63, 3.8) is 0 Å². The van der Waals surface area contributed by atoms with E-state index < -0.39 is 0 Å². The van der Waals surface area contributed by atoms with Crippen LogP contribution in [-0.4, -0.2) is 18.9 Å². The van der Waals surface area contributed by atoms with Gasteiger partial charge in [-0.3, -0.25) is 8.97 Å². The molecule has 0 aliphatic rings. The predicted molar refractivity (Wildman–Crippen MR) is 131 cm³/mol. The molecule has 6 aromatic rings. The smallest absolute Gasteiger partial charge is 0.157 e. The van der Waals surface area contributed by atoms with E-state index in [4.69, 9.17) is 16.6 Å². The molecule has 158 valence electrons. The van der Waals surface area contributed by atoms with E-state index in [9.17, 15) is 5.26 Å². The van der Waals surface area contributed by atoms with Crippen molar-refractivity contribution >= 4 is 39.3 Å². The number of nitrogens with zero attached hydrogens (tertiary/aromatic N) is 5. The Morgan fingerprint density at radius 2 is 1.61 bits per heavy atom. The molecule has 0 N–H and O–H groups in total. The summed E-state index contributed by atoms with van der Waals surface area (Å²) in [6.45, 7) is 2.01. The Bertz CT molecular complexity index is 1720. The zero-order valence-electron chi connectivity index (χ0n) is 17.8. The van der Waals surface area contributed by atoms with Gasteiger partial charge in [-0.1, -0.05) is 48.0 Å². The van der Waals surface area contributed by atoms with Gasteiger partial charge in [0.25, 0.3) is 0 Å². The summed E-state index contributed by atoms with van der Waals surface area (Å²) >= 11 is 6.13. The SMILES string of the molecule is Cc1c(Cc2ccc(Cl)cc2)c(-n2cnc3ccccc32)n2c(nc3ccccc32)c1C#N. The number of aromatic nitrogens is 4. The molecule has 0 saturated carbocycles. The summed E-state index contributed by atoms with van der Waals surface area (Å²) < 4.78 is 4.20. The predicted octanol–water partition coefficient (Wildman–Crippen LogP) is 6.25. The summed E-state index contributed by atoms with van der Waals surface area (Å²) in [7, 11) is 0. The van der Waals surface area contributed by atoms with E-state index in [0.717, 1.165) is 44.6 Å².